The first-order valence-corrected chi connectivity index (χ1v) is 11.0. The second kappa shape index (κ2) is 8.97. The van der Waals surface area contributed by atoms with E-state index in [1.54, 1.807) is 0 Å². The quantitative estimate of drug-likeness (QED) is 0.750. The number of amides is 1. The number of ether oxygens (including phenoxy) is 1. The summed E-state index contributed by atoms with van der Waals surface area (Å²) in [4.78, 5) is 12.4. The fourth-order valence-corrected chi connectivity index (χ4v) is 4.04. The first-order valence-electron chi connectivity index (χ1n) is 9.14. The Morgan fingerprint density at radius 2 is 2.12 bits per heavy atom. The van der Waals surface area contributed by atoms with E-state index in [1.165, 1.54) is 10.6 Å². The Bertz CT molecular complexity index is 725. The monoisotopic (exact) mass is 382 g/mol. The average Bonchev–Trinajstić information content (AvgIpc) is 3.05. The molecule has 146 valence electrons. The van der Waals surface area contributed by atoms with Crippen LogP contribution in [0.3, 0.4) is 0 Å². The minimum atomic E-state index is -3.38. The van der Waals surface area contributed by atoms with Crippen LogP contribution in [0.1, 0.15) is 50.2 Å². The fourth-order valence-electron chi connectivity index (χ4n) is 3.18. The number of anilines is 1. The van der Waals surface area contributed by atoms with Gasteiger partial charge < -0.3 is 10.1 Å². The van der Waals surface area contributed by atoms with Gasteiger partial charge in [0.1, 0.15) is 0 Å². The summed E-state index contributed by atoms with van der Waals surface area (Å²) in [5.74, 6) is 0.111. The van der Waals surface area contributed by atoms with Gasteiger partial charge in [-0.05, 0) is 36.8 Å². The molecular formula is C19H30N2O4S. The lowest BCUT2D eigenvalue weighted by Crippen LogP contribution is -2.38. The maximum Gasteiger partial charge on any atom is 0.225 e. The van der Waals surface area contributed by atoms with Crippen molar-refractivity contribution in [2.24, 2.45) is 0 Å². The van der Waals surface area contributed by atoms with E-state index in [9.17, 15) is 13.2 Å². The predicted octanol–water partition coefficient (Wildman–Crippen LogP) is 2.89. The Kier molecular flexibility index (Phi) is 7.20. The Morgan fingerprint density at radius 1 is 1.38 bits per heavy atom. The van der Waals surface area contributed by atoms with Crippen molar-refractivity contribution >= 4 is 21.6 Å². The molecule has 1 aliphatic rings. The molecule has 1 aromatic rings. The topological polar surface area (TPSA) is 75.7 Å². The number of aryl methyl sites for hydroxylation is 1. The number of sulfonamides is 1. The highest BCUT2D eigenvalue weighted by Gasteiger charge is 2.25. The molecular weight excluding hydrogens is 352 g/mol. The van der Waals surface area contributed by atoms with Crippen LogP contribution in [-0.4, -0.2) is 50.7 Å². The number of nitrogens with one attached hydrogen (secondary N) is 1. The molecule has 0 radical (unpaired) electrons. The highest BCUT2D eigenvalue weighted by Crippen LogP contribution is 2.27. The first-order chi connectivity index (χ1) is 12.2. The summed E-state index contributed by atoms with van der Waals surface area (Å²) < 4.78 is 30.9. The number of hydrogen-bond donors (Lipinski definition) is 1. The molecule has 0 bridgehead atoms. The Hall–Kier alpha value is -1.44. The molecule has 0 saturated carbocycles. The SMILES string of the molecule is Cc1cccc(C(C)C)c1NC(=O)CCN(CC1CCCO1)S(C)(=O)=O. The summed E-state index contributed by atoms with van der Waals surface area (Å²) in [5, 5.41) is 2.97. The van der Waals surface area contributed by atoms with Crippen molar-refractivity contribution < 1.29 is 17.9 Å². The highest BCUT2D eigenvalue weighted by atomic mass is 32.2. The van der Waals surface area contributed by atoms with Gasteiger partial charge in [0.25, 0.3) is 0 Å². The van der Waals surface area contributed by atoms with Gasteiger partial charge in [0, 0.05) is 31.8 Å². The molecule has 1 saturated heterocycles. The summed E-state index contributed by atoms with van der Waals surface area (Å²) in [5.41, 5.74) is 2.92. The number of carbonyl (C=O) groups is 1. The maximum absolute atomic E-state index is 12.4. The van der Waals surface area contributed by atoms with Crippen molar-refractivity contribution in [2.45, 2.75) is 52.1 Å². The zero-order valence-corrected chi connectivity index (χ0v) is 16.9. The van der Waals surface area contributed by atoms with E-state index in [4.69, 9.17) is 4.74 Å². The van der Waals surface area contributed by atoms with E-state index in [0.29, 0.717) is 13.2 Å². The van der Waals surface area contributed by atoms with Crippen LogP contribution in [0.5, 0.6) is 0 Å². The molecule has 1 heterocycles. The van der Waals surface area contributed by atoms with Gasteiger partial charge in [-0.2, -0.15) is 4.31 Å². The molecule has 1 amide bonds. The Labute approximate surface area is 157 Å². The van der Waals surface area contributed by atoms with Gasteiger partial charge >= 0.3 is 0 Å². The molecule has 1 atom stereocenters. The molecule has 0 aliphatic carbocycles. The molecule has 0 aromatic heterocycles. The zero-order valence-electron chi connectivity index (χ0n) is 16.1. The van der Waals surface area contributed by atoms with Crippen LogP contribution in [0.25, 0.3) is 0 Å². The van der Waals surface area contributed by atoms with Gasteiger partial charge in [-0.15, -0.1) is 0 Å². The molecule has 26 heavy (non-hydrogen) atoms. The van der Waals surface area contributed by atoms with Crippen LogP contribution < -0.4 is 5.32 Å². The third-order valence-corrected chi connectivity index (χ3v) is 5.95. The third-order valence-electron chi connectivity index (χ3n) is 4.68. The van der Waals surface area contributed by atoms with Crippen molar-refractivity contribution in [1.29, 1.82) is 0 Å². The molecule has 7 heteroatoms. The van der Waals surface area contributed by atoms with Crippen LogP contribution in [0.15, 0.2) is 18.2 Å². The lowest BCUT2D eigenvalue weighted by molar-refractivity contribution is -0.116. The summed E-state index contributed by atoms with van der Waals surface area (Å²) in [6, 6.07) is 5.95. The Balaban J connectivity index is 2.00. The number of carbonyl (C=O) groups excluding carboxylic acids is 1. The molecule has 1 fully saturated rings. The van der Waals surface area contributed by atoms with E-state index >= 15 is 0 Å². The molecule has 0 spiro atoms. The predicted molar refractivity (Wildman–Crippen MR) is 104 cm³/mol. The van der Waals surface area contributed by atoms with E-state index in [0.717, 1.165) is 29.7 Å². The summed E-state index contributed by atoms with van der Waals surface area (Å²) in [7, 11) is -3.38. The van der Waals surface area contributed by atoms with Gasteiger partial charge in [0.2, 0.25) is 15.9 Å². The highest BCUT2D eigenvalue weighted by molar-refractivity contribution is 7.88. The second-order valence-electron chi connectivity index (χ2n) is 7.25. The molecule has 1 N–H and O–H groups in total. The van der Waals surface area contributed by atoms with Gasteiger partial charge in [0.15, 0.2) is 0 Å². The van der Waals surface area contributed by atoms with Crippen LogP contribution in [0.2, 0.25) is 0 Å². The van der Waals surface area contributed by atoms with E-state index < -0.39 is 10.0 Å². The van der Waals surface area contributed by atoms with Gasteiger partial charge in [-0.1, -0.05) is 32.0 Å². The Morgan fingerprint density at radius 3 is 2.69 bits per heavy atom. The number of hydrogen-bond acceptors (Lipinski definition) is 4. The van der Waals surface area contributed by atoms with Crippen molar-refractivity contribution in [3.8, 4) is 0 Å². The minimum Gasteiger partial charge on any atom is -0.377 e. The van der Waals surface area contributed by atoms with E-state index in [-0.39, 0.29) is 30.9 Å². The normalized spacial score (nSPS) is 17.8. The van der Waals surface area contributed by atoms with Crippen molar-refractivity contribution in [3.63, 3.8) is 0 Å². The lowest BCUT2D eigenvalue weighted by atomic mass is 9.98. The van der Waals surface area contributed by atoms with Gasteiger partial charge in [-0.3, -0.25) is 4.79 Å². The minimum absolute atomic E-state index is 0.0725. The van der Waals surface area contributed by atoms with Crippen LogP contribution in [0.4, 0.5) is 5.69 Å². The lowest BCUT2D eigenvalue weighted by Gasteiger charge is -2.23. The largest absolute Gasteiger partial charge is 0.377 e. The van der Waals surface area contributed by atoms with Gasteiger partial charge in [-0.25, -0.2) is 8.42 Å². The summed E-state index contributed by atoms with van der Waals surface area (Å²) in [6.07, 6.45) is 3.04. The molecule has 1 aliphatic heterocycles. The number of para-hydroxylation sites is 1. The maximum atomic E-state index is 12.4. The second-order valence-corrected chi connectivity index (χ2v) is 9.23. The number of nitrogens with zero attached hydrogens (tertiary/aromatic N) is 1. The van der Waals surface area contributed by atoms with Crippen molar-refractivity contribution in [2.75, 3.05) is 31.3 Å². The average molecular weight is 383 g/mol. The van der Waals surface area contributed by atoms with Crippen LogP contribution in [-0.2, 0) is 19.6 Å². The summed E-state index contributed by atoms with van der Waals surface area (Å²) >= 11 is 0. The molecule has 6 nitrogen and oxygen atoms in total. The first kappa shape index (κ1) is 20.9. The summed E-state index contributed by atoms with van der Waals surface area (Å²) in [6.45, 7) is 7.27. The smallest absolute Gasteiger partial charge is 0.225 e. The number of rotatable bonds is 8. The third kappa shape index (κ3) is 5.79. The molecule has 2 rings (SSSR count). The van der Waals surface area contributed by atoms with Crippen molar-refractivity contribution in [1.82, 2.24) is 4.31 Å². The van der Waals surface area contributed by atoms with E-state index in [1.807, 2.05) is 25.1 Å². The standard InChI is InChI=1S/C19H30N2O4S/c1-14(2)17-9-5-7-15(3)19(17)20-18(22)10-11-21(26(4,23)24)13-16-8-6-12-25-16/h5,7,9,14,16H,6,8,10-13H2,1-4H3,(H,20,22). The molecule has 1 unspecified atom stereocenters. The van der Waals surface area contributed by atoms with Crippen LogP contribution in [0, 0.1) is 6.92 Å². The fraction of sp³-hybridized carbons (Fsp3) is 0.632. The number of benzene rings is 1. The van der Waals surface area contributed by atoms with Crippen molar-refractivity contribution in [3.05, 3.63) is 29.3 Å². The van der Waals surface area contributed by atoms with Gasteiger partial charge in [0.05, 0.1) is 12.4 Å². The zero-order chi connectivity index (χ0) is 19.3. The van der Waals surface area contributed by atoms with Crippen LogP contribution >= 0.6 is 0 Å². The van der Waals surface area contributed by atoms with E-state index in [2.05, 4.69) is 19.2 Å². The molecule has 1 aromatic carbocycles.